The second kappa shape index (κ2) is 3.13. The number of hydrogen-bond acceptors (Lipinski definition) is 1. The topological polar surface area (TPSA) is 9.23 Å². The normalized spacial score (nSPS) is 30.1. The largest absolute Gasteiger partial charge is 0.487 e. The Morgan fingerprint density at radius 3 is 2.81 bits per heavy atom. The molecule has 0 N–H and O–H groups in total. The van der Waals surface area contributed by atoms with E-state index in [1.54, 1.807) is 0 Å². The van der Waals surface area contributed by atoms with Gasteiger partial charge in [-0.15, -0.1) is 0 Å². The molecule has 2 aliphatic rings. The van der Waals surface area contributed by atoms with Crippen LogP contribution in [0.25, 0.3) is 0 Å². The predicted octanol–water partition coefficient (Wildman–Crippen LogP) is 3.91. The van der Waals surface area contributed by atoms with Crippen LogP contribution in [0, 0.1) is 5.92 Å². The fraction of sp³-hybridized carbons (Fsp3) is 0.467. The van der Waals surface area contributed by atoms with Crippen LogP contribution in [0.4, 0.5) is 0 Å². The van der Waals surface area contributed by atoms with Crippen LogP contribution in [0.3, 0.4) is 0 Å². The number of hydrogen-bond donors (Lipinski definition) is 0. The molecule has 3 rings (SSSR count). The van der Waals surface area contributed by atoms with E-state index in [9.17, 15) is 0 Å². The Labute approximate surface area is 97.1 Å². The van der Waals surface area contributed by atoms with Crippen LogP contribution < -0.4 is 4.74 Å². The van der Waals surface area contributed by atoms with E-state index in [0.717, 1.165) is 5.75 Å². The third-order valence-electron chi connectivity index (χ3n) is 3.98. The van der Waals surface area contributed by atoms with Gasteiger partial charge in [-0.3, -0.25) is 0 Å². The summed E-state index contributed by atoms with van der Waals surface area (Å²) >= 11 is 0. The lowest BCUT2D eigenvalue weighted by molar-refractivity contribution is 0.0234. The van der Waals surface area contributed by atoms with Crippen LogP contribution in [-0.4, -0.2) is 5.60 Å². The maximum absolute atomic E-state index is 6.15. The maximum atomic E-state index is 6.15. The SMILES string of the molecule is CC1=C[C@@H]2c3ccccc3OC(C)(C)C2C1. The van der Waals surface area contributed by atoms with Gasteiger partial charge in [0.05, 0.1) is 0 Å². The van der Waals surface area contributed by atoms with Gasteiger partial charge in [-0.1, -0.05) is 29.8 Å². The lowest BCUT2D eigenvalue weighted by Crippen LogP contribution is -2.42. The van der Waals surface area contributed by atoms with Gasteiger partial charge in [0.2, 0.25) is 0 Å². The van der Waals surface area contributed by atoms with Gasteiger partial charge in [0.15, 0.2) is 0 Å². The number of para-hydroxylation sites is 1. The molecular formula is C15H18O. The van der Waals surface area contributed by atoms with Crippen molar-refractivity contribution in [1.29, 1.82) is 0 Å². The number of ether oxygens (including phenoxy) is 1. The number of allylic oxidation sites excluding steroid dienone is 2. The highest BCUT2D eigenvalue weighted by Gasteiger charge is 2.44. The highest BCUT2D eigenvalue weighted by molar-refractivity contribution is 5.44. The summed E-state index contributed by atoms with van der Waals surface area (Å²) in [6, 6.07) is 8.46. The molecule has 0 radical (unpaired) electrons. The van der Waals surface area contributed by atoms with Crippen LogP contribution in [0.5, 0.6) is 5.75 Å². The predicted molar refractivity (Wildman–Crippen MR) is 65.8 cm³/mol. The van der Waals surface area contributed by atoms with Crippen LogP contribution in [0.15, 0.2) is 35.9 Å². The van der Waals surface area contributed by atoms with Crippen molar-refractivity contribution < 1.29 is 4.74 Å². The molecule has 1 unspecified atom stereocenters. The monoisotopic (exact) mass is 214 g/mol. The van der Waals surface area contributed by atoms with E-state index in [-0.39, 0.29) is 5.60 Å². The molecule has 0 saturated heterocycles. The van der Waals surface area contributed by atoms with Crippen molar-refractivity contribution in [3.63, 3.8) is 0 Å². The highest BCUT2D eigenvalue weighted by Crippen LogP contribution is 2.51. The third-order valence-corrected chi connectivity index (χ3v) is 3.98. The highest BCUT2D eigenvalue weighted by atomic mass is 16.5. The molecule has 1 aromatic carbocycles. The van der Waals surface area contributed by atoms with E-state index in [4.69, 9.17) is 4.74 Å². The number of fused-ring (bicyclic) bond motifs is 3. The molecule has 16 heavy (non-hydrogen) atoms. The Kier molecular flexibility index (Phi) is 1.95. The molecule has 1 nitrogen and oxygen atoms in total. The van der Waals surface area contributed by atoms with E-state index >= 15 is 0 Å². The van der Waals surface area contributed by atoms with Gasteiger partial charge in [0.1, 0.15) is 11.4 Å². The molecule has 0 amide bonds. The van der Waals surface area contributed by atoms with E-state index in [2.05, 4.69) is 51.1 Å². The zero-order valence-corrected chi connectivity index (χ0v) is 10.2. The van der Waals surface area contributed by atoms with Gasteiger partial charge >= 0.3 is 0 Å². The summed E-state index contributed by atoms with van der Waals surface area (Å²) < 4.78 is 6.15. The van der Waals surface area contributed by atoms with Crippen molar-refractivity contribution in [3.05, 3.63) is 41.5 Å². The molecule has 1 aromatic rings. The smallest absolute Gasteiger partial charge is 0.123 e. The summed E-state index contributed by atoms with van der Waals surface area (Å²) in [7, 11) is 0. The van der Waals surface area contributed by atoms with Crippen molar-refractivity contribution in [2.45, 2.75) is 38.7 Å². The molecular weight excluding hydrogens is 196 g/mol. The van der Waals surface area contributed by atoms with Gasteiger partial charge in [-0.05, 0) is 33.3 Å². The standard InChI is InChI=1S/C15H18O/c1-10-8-12-11-6-4-5-7-14(11)16-15(2,3)13(12)9-10/h4-8,12-13H,9H2,1-3H3/t12-,13?/m1/s1. The Bertz CT molecular complexity index is 456. The first kappa shape index (κ1) is 9.95. The average Bonchev–Trinajstić information content (AvgIpc) is 2.61. The summed E-state index contributed by atoms with van der Waals surface area (Å²) in [5.41, 5.74) is 2.82. The fourth-order valence-corrected chi connectivity index (χ4v) is 3.16. The van der Waals surface area contributed by atoms with E-state index < -0.39 is 0 Å². The van der Waals surface area contributed by atoms with E-state index in [1.165, 1.54) is 17.6 Å². The second-order valence-electron chi connectivity index (χ2n) is 5.59. The first-order valence-electron chi connectivity index (χ1n) is 6.03. The van der Waals surface area contributed by atoms with Crippen LogP contribution in [0.1, 0.15) is 38.7 Å². The summed E-state index contributed by atoms with van der Waals surface area (Å²) in [5, 5.41) is 0. The molecule has 0 spiro atoms. The van der Waals surface area contributed by atoms with Crippen LogP contribution in [0.2, 0.25) is 0 Å². The fourth-order valence-electron chi connectivity index (χ4n) is 3.16. The third kappa shape index (κ3) is 1.31. The average molecular weight is 214 g/mol. The Morgan fingerprint density at radius 2 is 2.00 bits per heavy atom. The van der Waals surface area contributed by atoms with Crippen molar-refractivity contribution in [1.82, 2.24) is 0 Å². The first-order valence-corrected chi connectivity index (χ1v) is 6.03. The minimum Gasteiger partial charge on any atom is -0.487 e. The van der Waals surface area contributed by atoms with Gasteiger partial charge in [-0.2, -0.15) is 0 Å². The molecule has 2 atom stereocenters. The molecule has 1 heteroatoms. The molecule has 84 valence electrons. The lowest BCUT2D eigenvalue weighted by Gasteiger charge is -2.42. The Hall–Kier alpha value is -1.24. The first-order chi connectivity index (χ1) is 7.58. The molecule has 0 fully saturated rings. The van der Waals surface area contributed by atoms with Gasteiger partial charge in [0, 0.05) is 17.4 Å². The minimum absolute atomic E-state index is 0.0483. The van der Waals surface area contributed by atoms with Crippen molar-refractivity contribution in [3.8, 4) is 5.75 Å². The van der Waals surface area contributed by atoms with Crippen molar-refractivity contribution in [2.24, 2.45) is 5.92 Å². The molecule has 1 aliphatic heterocycles. The molecule has 1 aliphatic carbocycles. The quantitative estimate of drug-likeness (QED) is 0.595. The molecule has 0 aromatic heterocycles. The van der Waals surface area contributed by atoms with Crippen LogP contribution in [-0.2, 0) is 0 Å². The Morgan fingerprint density at radius 1 is 1.25 bits per heavy atom. The number of benzene rings is 1. The minimum atomic E-state index is -0.0483. The molecule has 0 saturated carbocycles. The zero-order valence-electron chi connectivity index (χ0n) is 10.2. The van der Waals surface area contributed by atoms with Crippen molar-refractivity contribution in [2.75, 3.05) is 0 Å². The molecule has 1 heterocycles. The van der Waals surface area contributed by atoms with Crippen LogP contribution >= 0.6 is 0 Å². The maximum Gasteiger partial charge on any atom is 0.123 e. The van der Waals surface area contributed by atoms with Gasteiger partial charge in [0.25, 0.3) is 0 Å². The number of rotatable bonds is 0. The van der Waals surface area contributed by atoms with Crippen molar-refractivity contribution >= 4 is 0 Å². The molecule has 0 bridgehead atoms. The second-order valence-corrected chi connectivity index (χ2v) is 5.59. The summed E-state index contributed by atoms with van der Waals surface area (Å²) in [6.07, 6.45) is 3.60. The summed E-state index contributed by atoms with van der Waals surface area (Å²) in [4.78, 5) is 0. The van der Waals surface area contributed by atoms with Gasteiger partial charge in [-0.25, -0.2) is 0 Å². The zero-order chi connectivity index (χ0) is 11.3. The van der Waals surface area contributed by atoms with E-state index in [1.807, 2.05) is 0 Å². The Balaban J connectivity index is 2.14. The van der Waals surface area contributed by atoms with E-state index in [0.29, 0.717) is 11.8 Å². The lowest BCUT2D eigenvalue weighted by atomic mass is 9.76. The summed E-state index contributed by atoms with van der Waals surface area (Å²) in [5.74, 6) is 2.22. The van der Waals surface area contributed by atoms with Gasteiger partial charge < -0.3 is 4.74 Å². The summed E-state index contributed by atoms with van der Waals surface area (Å²) in [6.45, 7) is 6.66.